The number of nitrogens with two attached hydrogens (primary N) is 1. The second kappa shape index (κ2) is 3.52. The van der Waals surface area contributed by atoms with Gasteiger partial charge < -0.3 is 11.1 Å². The van der Waals surface area contributed by atoms with Crippen molar-refractivity contribution >= 4 is 11.7 Å². The van der Waals surface area contributed by atoms with Crippen LogP contribution >= 0.6 is 0 Å². The van der Waals surface area contributed by atoms with Crippen LogP contribution in [0.15, 0.2) is 18.3 Å². The van der Waals surface area contributed by atoms with Gasteiger partial charge in [0.1, 0.15) is 5.69 Å². The van der Waals surface area contributed by atoms with E-state index in [0.717, 1.165) is 6.20 Å². The van der Waals surface area contributed by atoms with E-state index in [-0.39, 0.29) is 5.69 Å². The van der Waals surface area contributed by atoms with E-state index < -0.39 is 17.9 Å². The van der Waals surface area contributed by atoms with Crippen molar-refractivity contribution in [3.05, 3.63) is 24.0 Å². The Labute approximate surface area is 76.9 Å². The molecular formula is C7H6F3N3O. The predicted octanol–water partition coefficient (Wildman–Crippen LogP) is 1.59. The highest BCUT2D eigenvalue weighted by Gasteiger charge is 2.32. The van der Waals surface area contributed by atoms with Crippen LogP contribution in [0.3, 0.4) is 0 Å². The molecule has 1 rings (SSSR count). The number of hydrogen-bond donors (Lipinski definition) is 2. The van der Waals surface area contributed by atoms with Crippen LogP contribution in [0, 0.1) is 0 Å². The van der Waals surface area contributed by atoms with Crippen LogP contribution in [0.25, 0.3) is 0 Å². The molecule has 0 spiro atoms. The van der Waals surface area contributed by atoms with Crippen LogP contribution in [-0.4, -0.2) is 11.0 Å². The summed E-state index contributed by atoms with van der Waals surface area (Å²) in [5, 5.41) is 2.02. The molecule has 1 aromatic rings. The molecule has 0 radical (unpaired) electrons. The molecular weight excluding hydrogens is 199 g/mol. The minimum absolute atomic E-state index is 0.0418. The third kappa shape index (κ3) is 2.61. The van der Waals surface area contributed by atoms with E-state index in [1.165, 1.54) is 6.07 Å². The molecule has 0 fully saturated rings. The van der Waals surface area contributed by atoms with Gasteiger partial charge in [-0.25, -0.2) is 4.79 Å². The molecule has 76 valence electrons. The summed E-state index contributed by atoms with van der Waals surface area (Å²) in [5.74, 6) is 0. The molecule has 1 heterocycles. The monoisotopic (exact) mass is 205 g/mol. The highest BCUT2D eigenvalue weighted by Crippen LogP contribution is 2.28. The Bertz CT molecular complexity index is 350. The number of anilines is 1. The van der Waals surface area contributed by atoms with Gasteiger partial charge in [-0.2, -0.15) is 13.2 Å². The molecule has 14 heavy (non-hydrogen) atoms. The fraction of sp³-hybridized carbons (Fsp3) is 0.143. The number of nitrogens with one attached hydrogen (secondary N) is 1. The van der Waals surface area contributed by atoms with Gasteiger partial charge in [-0.05, 0) is 12.1 Å². The van der Waals surface area contributed by atoms with Crippen LogP contribution in [0.5, 0.6) is 0 Å². The number of hydrogen-bond acceptors (Lipinski definition) is 2. The van der Waals surface area contributed by atoms with Gasteiger partial charge in [0.15, 0.2) is 0 Å². The average Bonchev–Trinajstić information content (AvgIpc) is 2.01. The fourth-order valence-electron chi connectivity index (χ4n) is 0.806. The van der Waals surface area contributed by atoms with Gasteiger partial charge in [-0.15, -0.1) is 0 Å². The molecule has 0 bridgehead atoms. The minimum atomic E-state index is -4.53. The second-order valence-electron chi connectivity index (χ2n) is 2.42. The zero-order chi connectivity index (χ0) is 10.8. The third-order valence-electron chi connectivity index (χ3n) is 1.32. The van der Waals surface area contributed by atoms with E-state index in [1.54, 1.807) is 0 Å². The van der Waals surface area contributed by atoms with Gasteiger partial charge in [0.2, 0.25) is 0 Å². The summed E-state index contributed by atoms with van der Waals surface area (Å²) in [6.07, 6.45) is -3.59. The van der Waals surface area contributed by atoms with Crippen molar-refractivity contribution in [1.29, 1.82) is 0 Å². The highest BCUT2D eigenvalue weighted by molar-refractivity contribution is 5.87. The van der Waals surface area contributed by atoms with E-state index in [2.05, 4.69) is 4.98 Å². The summed E-state index contributed by atoms with van der Waals surface area (Å²) in [6.45, 7) is 0. The summed E-state index contributed by atoms with van der Waals surface area (Å²) in [6, 6.07) is 0.981. The Balaban J connectivity index is 2.95. The molecule has 0 saturated carbocycles. The lowest BCUT2D eigenvalue weighted by Gasteiger charge is -2.07. The topological polar surface area (TPSA) is 68.0 Å². The first-order chi connectivity index (χ1) is 6.39. The number of carbonyl (C=O) groups is 1. The van der Waals surface area contributed by atoms with Crippen molar-refractivity contribution in [2.45, 2.75) is 6.18 Å². The van der Waals surface area contributed by atoms with Crippen LogP contribution < -0.4 is 11.1 Å². The van der Waals surface area contributed by atoms with Crippen molar-refractivity contribution in [3.8, 4) is 0 Å². The number of carbonyl (C=O) groups excluding carboxylic acids is 1. The number of pyridine rings is 1. The Morgan fingerprint density at radius 1 is 1.50 bits per heavy atom. The maximum absolute atomic E-state index is 12.1. The zero-order valence-corrected chi connectivity index (χ0v) is 6.80. The van der Waals surface area contributed by atoms with Gasteiger partial charge in [0, 0.05) is 11.9 Å². The number of amides is 2. The van der Waals surface area contributed by atoms with Gasteiger partial charge in [-0.3, -0.25) is 4.98 Å². The van der Waals surface area contributed by atoms with Gasteiger partial charge >= 0.3 is 12.2 Å². The first-order valence-electron chi connectivity index (χ1n) is 3.49. The molecule has 0 aliphatic rings. The quantitative estimate of drug-likeness (QED) is 0.730. The smallest absolute Gasteiger partial charge is 0.351 e. The summed E-state index contributed by atoms with van der Waals surface area (Å²) in [7, 11) is 0. The van der Waals surface area contributed by atoms with Crippen LogP contribution in [0.4, 0.5) is 23.7 Å². The fourth-order valence-corrected chi connectivity index (χ4v) is 0.806. The van der Waals surface area contributed by atoms with E-state index >= 15 is 0 Å². The van der Waals surface area contributed by atoms with E-state index in [9.17, 15) is 18.0 Å². The Morgan fingerprint density at radius 2 is 2.14 bits per heavy atom. The lowest BCUT2D eigenvalue weighted by Crippen LogP contribution is -2.20. The van der Waals surface area contributed by atoms with Crippen molar-refractivity contribution < 1.29 is 18.0 Å². The van der Waals surface area contributed by atoms with E-state index in [0.29, 0.717) is 6.07 Å². The number of rotatable bonds is 1. The molecule has 1 aromatic heterocycles. The normalized spacial score (nSPS) is 11.1. The predicted molar refractivity (Wildman–Crippen MR) is 42.4 cm³/mol. The number of alkyl halides is 3. The van der Waals surface area contributed by atoms with Crippen molar-refractivity contribution in [2.75, 3.05) is 5.32 Å². The van der Waals surface area contributed by atoms with Crippen LogP contribution in [-0.2, 0) is 6.18 Å². The lowest BCUT2D eigenvalue weighted by atomic mass is 10.3. The molecule has 0 aliphatic heterocycles. The number of urea groups is 1. The first kappa shape index (κ1) is 10.3. The molecule has 0 aliphatic carbocycles. The Morgan fingerprint density at radius 3 is 2.64 bits per heavy atom. The molecule has 2 amide bonds. The van der Waals surface area contributed by atoms with E-state index in [4.69, 9.17) is 5.73 Å². The second-order valence-corrected chi connectivity index (χ2v) is 2.42. The maximum atomic E-state index is 12.1. The van der Waals surface area contributed by atoms with Gasteiger partial charge in [0.25, 0.3) is 0 Å². The molecule has 0 atom stereocenters. The Kier molecular flexibility index (Phi) is 2.59. The molecule has 0 unspecified atom stereocenters. The van der Waals surface area contributed by atoms with Gasteiger partial charge in [-0.1, -0.05) is 0 Å². The summed E-state index contributed by atoms with van der Waals surface area (Å²) < 4.78 is 36.3. The van der Waals surface area contributed by atoms with Crippen molar-refractivity contribution in [2.24, 2.45) is 5.73 Å². The molecule has 3 N–H and O–H groups in total. The summed E-state index contributed by atoms with van der Waals surface area (Å²) in [5.41, 5.74) is 3.61. The molecule has 7 heteroatoms. The number of primary amides is 1. The minimum Gasteiger partial charge on any atom is -0.351 e. The summed E-state index contributed by atoms with van der Waals surface area (Å²) >= 11 is 0. The van der Waals surface area contributed by atoms with Crippen LogP contribution in [0.2, 0.25) is 0 Å². The molecule has 0 saturated heterocycles. The SMILES string of the molecule is NC(=O)Nc1ccnc(C(F)(F)F)c1. The molecule has 0 aromatic carbocycles. The molecule has 4 nitrogen and oxygen atoms in total. The van der Waals surface area contributed by atoms with Gasteiger partial charge in [0.05, 0.1) is 0 Å². The number of halogens is 3. The van der Waals surface area contributed by atoms with Crippen LogP contribution in [0.1, 0.15) is 5.69 Å². The first-order valence-corrected chi connectivity index (χ1v) is 3.49. The van der Waals surface area contributed by atoms with E-state index in [1.807, 2.05) is 5.32 Å². The maximum Gasteiger partial charge on any atom is 0.433 e. The lowest BCUT2D eigenvalue weighted by molar-refractivity contribution is -0.141. The Hall–Kier alpha value is -1.79. The third-order valence-corrected chi connectivity index (χ3v) is 1.32. The summed E-state index contributed by atoms with van der Waals surface area (Å²) in [4.78, 5) is 13.4. The standard InChI is InChI=1S/C7H6F3N3O/c8-7(9,10)5-3-4(1-2-12-5)13-6(11)14/h1-3H,(H3,11,12,13,14). The van der Waals surface area contributed by atoms with Crippen molar-refractivity contribution in [1.82, 2.24) is 4.98 Å². The highest BCUT2D eigenvalue weighted by atomic mass is 19.4. The largest absolute Gasteiger partial charge is 0.433 e. The number of aromatic nitrogens is 1. The zero-order valence-electron chi connectivity index (χ0n) is 6.80. The average molecular weight is 205 g/mol. The van der Waals surface area contributed by atoms with Crippen molar-refractivity contribution in [3.63, 3.8) is 0 Å². The number of nitrogens with zero attached hydrogens (tertiary/aromatic N) is 1.